The molecule has 0 radical (unpaired) electrons. The van der Waals surface area contributed by atoms with Crippen LogP contribution in [0.15, 0.2) is 18.3 Å². The molecule has 2 rings (SSSR count). The Bertz CT molecular complexity index is 554. The van der Waals surface area contributed by atoms with Gasteiger partial charge in [0.1, 0.15) is 5.82 Å². The average Bonchev–Trinajstić information content (AvgIpc) is 2.78. The Morgan fingerprint density at radius 3 is 3.00 bits per heavy atom. The molecule has 2 aromatic rings. The first kappa shape index (κ1) is 12.4. The van der Waals surface area contributed by atoms with Crippen LogP contribution in [0.4, 0.5) is 10.9 Å². The largest absolute Gasteiger partial charge is 0.360 e. The molecule has 0 aromatic carbocycles. The summed E-state index contributed by atoms with van der Waals surface area (Å²) in [7, 11) is 0. The van der Waals surface area contributed by atoms with Crippen LogP contribution < -0.4 is 10.6 Å². The van der Waals surface area contributed by atoms with E-state index in [0.717, 1.165) is 12.1 Å². The maximum absolute atomic E-state index is 11.9. The van der Waals surface area contributed by atoms with Gasteiger partial charge in [0, 0.05) is 12.7 Å². The van der Waals surface area contributed by atoms with Crippen LogP contribution in [0.3, 0.4) is 0 Å². The number of pyridine rings is 1. The predicted molar refractivity (Wildman–Crippen MR) is 71.0 cm³/mol. The number of hydrogen-bond donors (Lipinski definition) is 2. The highest BCUT2D eigenvalue weighted by Crippen LogP contribution is 2.16. The molecule has 2 N–H and O–H groups in total. The Balaban J connectivity index is 2.07. The van der Waals surface area contributed by atoms with Gasteiger partial charge in [-0.3, -0.25) is 4.79 Å². The lowest BCUT2D eigenvalue weighted by atomic mass is 10.3. The molecule has 0 spiro atoms. The lowest BCUT2D eigenvalue weighted by molar-refractivity contribution is 0.102. The van der Waals surface area contributed by atoms with Crippen molar-refractivity contribution >= 4 is 28.2 Å². The number of amides is 1. The van der Waals surface area contributed by atoms with Crippen LogP contribution in [-0.4, -0.2) is 27.6 Å². The lowest BCUT2D eigenvalue weighted by Gasteiger charge is -2.01. The zero-order valence-corrected chi connectivity index (χ0v) is 10.9. The summed E-state index contributed by atoms with van der Waals surface area (Å²) in [5, 5.41) is 14.3. The van der Waals surface area contributed by atoms with E-state index in [0.29, 0.717) is 16.0 Å². The topological polar surface area (TPSA) is 79.8 Å². The fourth-order valence-electron chi connectivity index (χ4n) is 1.31. The fraction of sp³-hybridized carbons (Fsp3) is 0.273. The molecular formula is C11H13N5OS. The third-order valence-electron chi connectivity index (χ3n) is 2.10. The number of aryl methyl sites for hydroxylation is 1. The monoisotopic (exact) mass is 263 g/mol. The molecule has 0 saturated heterocycles. The molecular weight excluding hydrogens is 250 g/mol. The predicted octanol–water partition coefficient (Wildman–Crippen LogP) is 1.93. The fourth-order valence-corrected chi connectivity index (χ4v) is 2.02. The second-order valence-electron chi connectivity index (χ2n) is 3.62. The molecule has 0 atom stereocenters. The van der Waals surface area contributed by atoms with Crippen molar-refractivity contribution in [2.24, 2.45) is 0 Å². The molecule has 0 fully saturated rings. The Labute approximate surface area is 108 Å². The second-order valence-corrected chi connectivity index (χ2v) is 4.59. The summed E-state index contributed by atoms with van der Waals surface area (Å²) >= 11 is 1.22. The van der Waals surface area contributed by atoms with Crippen molar-refractivity contribution in [3.8, 4) is 0 Å². The van der Waals surface area contributed by atoms with Crippen molar-refractivity contribution in [3.63, 3.8) is 0 Å². The van der Waals surface area contributed by atoms with Crippen LogP contribution in [0.1, 0.15) is 22.3 Å². The molecule has 0 aliphatic heterocycles. The van der Waals surface area contributed by atoms with Gasteiger partial charge in [-0.25, -0.2) is 4.98 Å². The first-order chi connectivity index (χ1) is 8.69. The average molecular weight is 263 g/mol. The quantitative estimate of drug-likeness (QED) is 0.881. The number of rotatable bonds is 4. The Kier molecular flexibility index (Phi) is 3.83. The van der Waals surface area contributed by atoms with Crippen LogP contribution in [0.5, 0.6) is 0 Å². The number of nitrogens with one attached hydrogen (secondary N) is 2. The zero-order chi connectivity index (χ0) is 13.0. The molecule has 18 heavy (non-hydrogen) atoms. The minimum absolute atomic E-state index is 0.297. The smallest absolute Gasteiger partial charge is 0.287 e. The maximum Gasteiger partial charge on any atom is 0.287 e. The van der Waals surface area contributed by atoms with Crippen molar-refractivity contribution in [1.82, 2.24) is 15.2 Å². The number of aromatic nitrogens is 3. The van der Waals surface area contributed by atoms with Gasteiger partial charge in [0.05, 0.1) is 0 Å². The van der Waals surface area contributed by atoms with E-state index in [1.54, 1.807) is 12.3 Å². The summed E-state index contributed by atoms with van der Waals surface area (Å²) < 4.78 is 0. The van der Waals surface area contributed by atoms with Gasteiger partial charge < -0.3 is 10.6 Å². The third kappa shape index (κ3) is 3.01. The zero-order valence-electron chi connectivity index (χ0n) is 10.1. The summed E-state index contributed by atoms with van der Waals surface area (Å²) in [6.45, 7) is 4.64. The standard InChI is InChI=1S/C11H13N5OS/c1-3-12-11-16-15-10(18-11)9(17)14-8-6-7(2)4-5-13-8/h4-6H,3H2,1-2H3,(H,12,16)(H,13,14,17). The lowest BCUT2D eigenvalue weighted by Crippen LogP contribution is -2.12. The maximum atomic E-state index is 11.9. The van der Waals surface area contributed by atoms with Crippen molar-refractivity contribution < 1.29 is 4.79 Å². The van der Waals surface area contributed by atoms with E-state index >= 15 is 0 Å². The van der Waals surface area contributed by atoms with Gasteiger partial charge >= 0.3 is 0 Å². The molecule has 6 nitrogen and oxygen atoms in total. The van der Waals surface area contributed by atoms with E-state index in [-0.39, 0.29) is 5.91 Å². The molecule has 7 heteroatoms. The molecule has 0 bridgehead atoms. The van der Waals surface area contributed by atoms with Gasteiger partial charge in [-0.1, -0.05) is 11.3 Å². The van der Waals surface area contributed by atoms with Gasteiger partial charge in [-0.2, -0.15) is 0 Å². The van der Waals surface area contributed by atoms with Crippen LogP contribution in [-0.2, 0) is 0 Å². The summed E-state index contributed by atoms with van der Waals surface area (Å²) in [5.41, 5.74) is 1.03. The highest BCUT2D eigenvalue weighted by molar-refractivity contribution is 7.17. The Morgan fingerprint density at radius 2 is 2.28 bits per heavy atom. The molecule has 2 aromatic heterocycles. The van der Waals surface area contributed by atoms with Crippen LogP contribution in [0, 0.1) is 6.92 Å². The van der Waals surface area contributed by atoms with Gasteiger partial charge in [-0.15, -0.1) is 10.2 Å². The Hall–Kier alpha value is -2.02. The molecule has 0 unspecified atom stereocenters. The van der Waals surface area contributed by atoms with Crippen molar-refractivity contribution in [2.45, 2.75) is 13.8 Å². The van der Waals surface area contributed by atoms with E-state index < -0.39 is 0 Å². The van der Waals surface area contributed by atoms with E-state index in [1.165, 1.54) is 11.3 Å². The third-order valence-corrected chi connectivity index (χ3v) is 2.98. The SMILES string of the molecule is CCNc1nnc(C(=O)Nc2cc(C)ccn2)s1. The van der Waals surface area contributed by atoms with Crippen LogP contribution in [0.25, 0.3) is 0 Å². The van der Waals surface area contributed by atoms with E-state index in [2.05, 4.69) is 25.8 Å². The summed E-state index contributed by atoms with van der Waals surface area (Å²) in [6, 6.07) is 3.66. The normalized spacial score (nSPS) is 10.1. The van der Waals surface area contributed by atoms with E-state index in [9.17, 15) is 4.79 Å². The first-order valence-electron chi connectivity index (χ1n) is 5.50. The number of carbonyl (C=O) groups is 1. The van der Waals surface area contributed by atoms with Crippen LogP contribution >= 0.6 is 11.3 Å². The second kappa shape index (κ2) is 5.54. The molecule has 94 valence electrons. The Morgan fingerprint density at radius 1 is 1.44 bits per heavy atom. The number of anilines is 2. The summed E-state index contributed by atoms with van der Waals surface area (Å²) in [4.78, 5) is 15.9. The van der Waals surface area contributed by atoms with Crippen LogP contribution in [0.2, 0.25) is 0 Å². The first-order valence-corrected chi connectivity index (χ1v) is 6.32. The molecule has 0 saturated carbocycles. The van der Waals surface area contributed by atoms with Gasteiger partial charge in [0.2, 0.25) is 10.1 Å². The van der Waals surface area contributed by atoms with Crippen molar-refractivity contribution in [3.05, 3.63) is 28.9 Å². The summed E-state index contributed by atoms with van der Waals surface area (Å²) in [6.07, 6.45) is 1.65. The summed E-state index contributed by atoms with van der Waals surface area (Å²) in [5.74, 6) is 0.218. The molecule has 1 amide bonds. The van der Waals surface area contributed by atoms with Crippen molar-refractivity contribution in [1.29, 1.82) is 0 Å². The molecule has 0 aliphatic rings. The molecule has 2 heterocycles. The highest BCUT2D eigenvalue weighted by atomic mass is 32.1. The number of carbonyl (C=O) groups excluding carboxylic acids is 1. The van der Waals surface area contributed by atoms with Crippen molar-refractivity contribution in [2.75, 3.05) is 17.2 Å². The van der Waals surface area contributed by atoms with E-state index in [1.807, 2.05) is 19.9 Å². The minimum Gasteiger partial charge on any atom is -0.360 e. The number of nitrogens with zero attached hydrogens (tertiary/aromatic N) is 3. The van der Waals surface area contributed by atoms with Gasteiger partial charge in [-0.05, 0) is 31.5 Å². The molecule has 0 aliphatic carbocycles. The minimum atomic E-state index is -0.297. The highest BCUT2D eigenvalue weighted by Gasteiger charge is 2.13. The van der Waals surface area contributed by atoms with E-state index in [4.69, 9.17) is 0 Å². The number of hydrogen-bond acceptors (Lipinski definition) is 6. The van der Waals surface area contributed by atoms with Gasteiger partial charge in [0.25, 0.3) is 5.91 Å². The van der Waals surface area contributed by atoms with Gasteiger partial charge in [0.15, 0.2) is 0 Å².